The van der Waals surface area contributed by atoms with Crippen molar-refractivity contribution < 1.29 is 27.4 Å². The van der Waals surface area contributed by atoms with Gasteiger partial charge in [-0.15, -0.1) is 0 Å². The number of rotatable bonds is 10. The minimum absolute atomic E-state index is 0.0472. The number of aryl methyl sites for hydroxylation is 2. The van der Waals surface area contributed by atoms with Gasteiger partial charge in [0.15, 0.2) is 0 Å². The molecule has 260 valence electrons. The molecule has 1 saturated heterocycles. The Hall–Kier alpha value is -5.52. The molecule has 4 aromatic rings. The van der Waals surface area contributed by atoms with E-state index in [0.717, 1.165) is 16.9 Å². The molecule has 50 heavy (non-hydrogen) atoms. The van der Waals surface area contributed by atoms with Crippen LogP contribution in [-0.2, 0) is 19.5 Å². The normalized spacial score (nSPS) is 13.7. The van der Waals surface area contributed by atoms with Crippen molar-refractivity contribution in [3.63, 3.8) is 0 Å². The number of ether oxygens (including phenoxy) is 3. The van der Waals surface area contributed by atoms with Gasteiger partial charge >= 0.3 is 6.09 Å². The van der Waals surface area contributed by atoms with Crippen molar-refractivity contribution in [1.29, 1.82) is 5.26 Å². The number of aromatic nitrogens is 2. The van der Waals surface area contributed by atoms with E-state index >= 15 is 0 Å². The summed E-state index contributed by atoms with van der Waals surface area (Å²) in [6, 6.07) is 22.5. The molecule has 1 aliphatic heterocycles. The van der Waals surface area contributed by atoms with Gasteiger partial charge in [-0.1, -0.05) is 42.0 Å². The molecule has 3 aromatic carbocycles. The van der Waals surface area contributed by atoms with Gasteiger partial charge in [0.25, 0.3) is 10.0 Å². The second kappa shape index (κ2) is 15.4. The largest absolute Gasteiger partial charge is 0.444 e. The molecule has 1 aromatic heterocycles. The van der Waals surface area contributed by atoms with Gasteiger partial charge in [-0.2, -0.15) is 28.6 Å². The minimum atomic E-state index is -4.00. The Labute approximate surface area is 292 Å². The lowest BCUT2D eigenvalue weighted by molar-refractivity contribution is 0.0536. The summed E-state index contributed by atoms with van der Waals surface area (Å²) in [5.41, 5.74) is 2.79. The van der Waals surface area contributed by atoms with Crippen molar-refractivity contribution in [3.8, 4) is 28.8 Å². The van der Waals surface area contributed by atoms with Crippen molar-refractivity contribution in [2.24, 2.45) is 5.10 Å². The van der Waals surface area contributed by atoms with Gasteiger partial charge in [-0.05, 0) is 76.1 Å². The van der Waals surface area contributed by atoms with Gasteiger partial charge in [-0.3, -0.25) is 0 Å². The molecule has 1 fully saturated rings. The number of nitriles is 1. The minimum Gasteiger partial charge on any atom is -0.444 e. The number of carbonyl (C=O) groups excluding carboxylic acids is 1. The summed E-state index contributed by atoms with van der Waals surface area (Å²) in [4.78, 5) is 26.0. The zero-order chi connectivity index (χ0) is 35.9. The number of anilines is 1. The van der Waals surface area contributed by atoms with Gasteiger partial charge in [0.1, 0.15) is 23.0 Å². The lowest BCUT2D eigenvalue weighted by Gasteiger charge is -2.28. The molecule has 0 aliphatic carbocycles. The summed E-state index contributed by atoms with van der Waals surface area (Å²) >= 11 is 0. The fraction of sp³-hybridized carbons (Fsp3) is 0.306. The highest BCUT2D eigenvalue weighted by Crippen LogP contribution is 2.35. The highest BCUT2D eigenvalue weighted by Gasteiger charge is 2.20. The number of carbonyl (C=O) groups is 1. The molecule has 0 spiro atoms. The molecule has 0 radical (unpaired) electrons. The van der Waals surface area contributed by atoms with Gasteiger partial charge in [0.2, 0.25) is 5.88 Å². The van der Waals surface area contributed by atoms with Crippen LogP contribution in [0.2, 0.25) is 0 Å². The predicted molar refractivity (Wildman–Crippen MR) is 189 cm³/mol. The Morgan fingerprint density at radius 1 is 1.00 bits per heavy atom. The fourth-order valence-electron chi connectivity index (χ4n) is 4.96. The van der Waals surface area contributed by atoms with Crippen LogP contribution in [0.3, 0.4) is 0 Å². The average molecular weight is 698 g/mol. The van der Waals surface area contributed by atoms with E-state index in [0.29, 0.717) is 60.4 Å². The van der Waals surface area contributed by atoms with E-state index in [9.17, 15) is 18.5 Å². The molecule has 0 saturated carbocycles. The summed E-state index contributed by atoms with van der Waals surface area (Å²) in [6.45, 7) is 11.3. The van der Waals surface area contributed by atoms with Crippen LogP contribution < -0.4 is 19.8 Å². The van der Waals surface area contributed by atoms with Crippen molar-refractivity contribution in [2.75, 3.05) is 37.7 Å². The van der Waals surface area contributed by atoms with Gasteiger partial charge < -0.3 is 24.4 Å². The number of hydrogen-bond donors (Lipinski definition) is 2. The van der Waals surface area contributed by atoms with Crippen LogP contribution in [0.15, 0.2) is 82.8 Å². The van der Waals surface area contributed by atoms with E-state index < -0.39 is 21.7 Å². The Balaban J connectivity index is 1.44. The molecule has 0 unspecified atom stereocenters. The maximum atomic E-state index is 13.0. The summed E-state index contributed by atoms with van der Waals surface area (Å²) in [6.07, 6.45) is -0.681. The molecular weight excluding hydrogens is 659 g/mol. The highest BCUT2D eigenvalue weighted by molar-refractivity contribution is 7.89. The first-order valence-corrected chi connectivity index (χ1v) is 17.4. The lowest BCUT2D eigenvalue weighted by Crippen LogP contribution is -2.36. The van der Waals surface area contributed by atoms with E-state index in [4.69, 9.17) is 14.2 Å². The van der Waals surface area contributed by atoms with E-state index in [1.807, 2.05) is 19.1 Å². The maximum Gasteiger partial charge on any atom is 0.407 e. The van der Waals surface area contributed by atoms with E-state index in [2.05, 4.69) is 36.2 Å². The molecule has 2 N–H and O–H groups in total. The van der Waals surface area contributed by atoms with Crippen LogP contribution in [0.4, 0.5) is 10.6 Å². The number of amides is 1. The first-order valence-electron chi connectivity index (χ1n) is 15.9. The highest BCUT2D eigenvalue weighted by atomic mass is 32.2. The standard InChI is InChI=1S/C36H39N7O6S/c1-24-6-13-29(14-7-24)50(45,46)42-41-31(23-38-35(44)49-36(3,4)5)28-11-9-27(10-12-28)30-15-8-26(22-37)20-32(30)48-34-21-33(39-25(2)40-34)43-16-18-47-19-17-43/h6-15,20-21,42H,16-19,23H2,1-5H3,(H,38,44). The molecule has 13 nitrogen and oxygen atoms in total. The van der Waals surface area contributed by atoms with Crippen molar-refractivity contribution >= 4 is 27.6 Å². The summed E-state index contributed by atoms with van der Waals surface area (Å²) < 4.78 is 43.2. The monoisotopic (exact) mass is 697 g/mol. The summed E-state index contributed by atoms with van der Waals surface area (Å²) in [7, 11) is -4.00. The molecule has 1 amide bonds. The number of benzene rings is 3. The molecule has 14 heteroatoms. The van der Waals surface area contributed by atoms with Crippen LogP contribution in [0.1, 0.15) is 43.3 Å². The van der Waals surface area contributed by atoms with Crippen LogP contribution in [0.25, 0.3) is 11.1 Å². The van der Waals surface area contributed by atoms with E-state index in [1.165, 1.54) is 12.1 Å². The smallest absolute Gasteiger partial charge is 0.407 e. The van der Waals surface area contributed by atoms with Gasteiger partial charge in [0.05, 0.1) is 42.0 Å². The van der Waals surface area contributed by atoms with Crippen molar-refractivity contribution in [2.45, 2.75) is 45.1 Å². The fourth-order valence-corrected chi connectivity index (χ4v) is 5.79. The topological polar surface area (TPSA) is 168 Å². The third-order valence-electron chi connectivity index (χ3n) is 7.42. The van der Waals surface area contributed by atoms with Crippen LogP contribution in [-0.4, -0.2) is 68.6 Å². The predicted octanol–water partition coefficient (Wildman–Crippen LogP) is 5.47. The molecule has 0 atom stereocenters. The van der Waals surface area contributed by atoms with E-state index in [-0.39, 0.29) is 17.2 Å². The number of hydrazone groups is 1. The second-order valence-electron chi connectivity index (χ2n) is 12.5. The maximum absolute atomic E-state index is 13.0. The molecule has 1 aliphatic rings. The Bertz CT molecular complexity index is 2010. The average Bonchev–Trinajstić information content (AvgIpc) is 3.08. The van der Waals surface area contributed by atoms with Crippen LogP contribution in [0, 0.1) is 25.2 Å². The molecular formula is C36H39N7O6S. The first kappa shape index (κ1) is 35.8. The Morgan fingerprint density at radius 2 is 1.70 bits per heavy atom. The number of hydrogen-bond acceptors (Lipinski definition) is 11. The quantitative estimate of drug-likeness (QED) is 0.160. The number of sulfonamides is 1. The first-order chi connectivity index (χ1) is 23.8. The summed E-state index contributed by atoms with van der Waals surface area (Å²) in [5.74, 6) is 2.00. The van der Waals surface area contributed by atoms with E-state index in [1.54, 1.807) is 76.2 Å². The number of morpholine rings is 1. The second-order valence-corrected chi connectivity index (χ2v) is 14.2. The zero-order valence-electron chi connectivity index (χ0n) is 28.6. The van der Waals surface area contributed by atoms with Gasteiger partial charge in [0, 0.05) is 24.7 Å². The van der Waals surface area contributed by atoms with Crippen LogP contribution in [0.5, 0.6) is 11.6 Å². The van der Waals surface area contributed by atoms with Crippen LogP contribution >= 0.6 is 0 Å². The Kier molecular flexibility index (Phi) is 11.0. The third kappa shape index (κ3) is 9.55. The van der Waals surface area contributed by atoms with Crippen molar-refractivity contribution in [1.82, 2.24) is 20.1 Å². The number of nitrogens with one attached hydrogen (secondary N) is 2. The number of nitrogens with zero attached hydrogens (tertiary/aromatic N) is 5. The lowest BCUT2D eigenvalue weighted by atomic mass is 10.00. The number of alkyl carbamates (subject to hydrolysis) is 1. The molecule has 0 bridgehead atoms. The Morgan fingerprint density at radius 3 is 2.36 bits per heavy atom. The van der Waals surface area contributed by atoms with Gasteiger partial charge in [-0.25, -0.2) is 9.78 Å². The summed E-state index contributed by atoms with van der Waals surface area (Å²) in [5, 5.41) is 16.5. The molecule has 5 rings (SSSR count). The third-order valence-corrected chi connectivity index (χ3v) is 8.65. The molecule has 2 heterocycles. The SMILES string of the molecule is Cc1ccc(S(=O)(=O)NN=C(CNC(=O)OC(C)(C)C)c2ccc(-c3ccc(C#N)cc3Oc3cc(N4CCOCC4)nc(C)n3)cc2)cc1. The zero-order valence-corrected chi connectivity index (χ0v) is 29.4. The van der Waals surface area contributed by atoms with Crippen molar-refractivity contribution in [3.05, 3.63) is 95.3 Å².